The summed E-state index contributed by atoms with van der Waals surface area (Å²) >= 11 is 11.7. The zero-order valence-electron chi connectivity index (χ0n) is 14.4. The maximum absolute atomic E-state index is 12.2. The van der Waals surface area contributed by atoms with Gasteiger partial charge in [0.05, 0.1) is 21.3 Å². The molecule has 7 nitrogen and oxygen atoms in total. The molecule has 0 radical (unpaired) electrons. The molecule has 1 aliphatic heterocycles. The molecule has 0 aliphatic carbocycles. The van der Waals surface area contributed by atoms with Crippen LogP contribution < -0.4 is 10.2 Å². The van der Waals surface area contributed by atoms with E-state index < -0.39 is 18.5 Å². The van der Waals surface area contributed by atoms with E-state index in [1.165, 1.54) is 30.3 Å². The van der Waals surface area contributed by atoms with Gasteiger partial charge in [-0.1, -0.05) is 29.3 Å². The first kappa shape index (κ1) is 19.9. The minimum atomic E-state index is -0.759. The highest BCUT2D eigenvalue weighted by Gasteiger charge is 2.30. The number of rotatable bonds is 5. The summed E-state index contributed by atoms with van der Waals surface area (Å²) in [6.45, 7) is -0.523. The van der Waals surface area contributed by atoms with E-state index in [4.69, 9.17) is 27.9 Å². The van der Waals surface area contributed by atoms with Gasteiger partial charge in [0.25, 0.3) is 5.91 Å². The predicted octanol–water partition coefficient (Wildman–Crippen LogP) is 3.44. The number of benzene rings is 2. The van der Waals surface area contributed by atoms with Gasteiger partial charge in [-0.05, 0) is 36.4 Å². The average molecular weight is 421 g/mol. The number of halogens is 2. The third kappa shape index (κ3) is 4.49. The number of carbonyl (C=O) groups excluding carboxylic acids is 4. The number of anilines is 2. The highest BCUT2D eigenvalue weighted by atomic mass is 35.5. The molecule has 3 rings (SSSR count). The van der Waals surface area contributed by atoms with Crippen molar-refractivity contribution in [1.29, 1.82) is 0 Å². The molecule has 28 heavy (non-hydrogen) atoms. The Morgan fingerprint density at radius 3 is 2.39 bits per heavy atom. The van der Waals surface area contributed by atoms with Crippen LogP contribution in [0, 0.1) is 0 Å². The van der Waals surface area contributed by atoms with Gasteiger partial charge >= 0.3 is 5.97 Å². The normalized spacial score (nSPS) is 13.6. The first-order valence-corrected chi connectivity index (χ1v) is 8.98. The second-order valence-corrected chi connectivity index (χ2v) is 6.74. The van der Waals surface area contributed by atoms with Crippen LogP contribution in [-0.4, -0.2) is 30.3 Å². The van der Waals surface area contributed by atoms with Gasteiger partial charge in [0.15, 0.2) is 6.61 Å². The lowest BCUT2D eigenvalue weighted by Gasteiger charge is -2.14. The second-order valence-electron chi connectivity index (χ2n) is 5.93. The van der Waals surface area contributed by atoms with Crippen LogP contribution in [-0.2, 0) is 19.1 Å². The van der Waals surface area contributed by atoms with E-state index in [1.54, 1.807) is 12.1 Å². The molecular formula is C19H14Cl2N2O5. The first-order valence-electron chi connectivity index (χ1n) is 8.23. The minimum Gasteiger partial charge on any atom is -0.452 e. The highest BCUT2D eigenvalue weighted by Crippen LogP contribution is 2.25. The van der Waals surface area contributed by atoms with Crippen molar-refractivity contribution >= 4 is 58.3 Å². The molecule has 144 valence electrons. The number of nitrogens with one attached hydrogen (secondary N) is 1. The molecular weight excluding hydrogens is 407 g/mol. The van der Waals surface area contributed by atoms with E-state index in [2.05, 4.69) is 5.32 Å². The fourth-order valence-corrected chi connectivity index (χ4v) is 2.92. The van der Waals surface area contributed by atoms with Crippen molar-refractivity contribution in [2.45, 2.75) is 12.8 Å². The molecule has 0 atom stereocenters. The van der Waals surface area contributed by atoms with Crippen LogP contribution in [0.1, 0.15) is 23.2 Å². The summed E-state index contributed by atoms with van der Waals surface area (Å²) in [7, 11) is 0. The number of carbonyl (C=O) groups is 4. The topological polar surface area (TPSA) is 92.8 Å². The quantitative estimate of drug-likeness (QED) is 0.590. The third-order valence-electron chi connectivity index (χ3n) is 3.93. The number of esters is 1. The average Bonchev–Trinajstić information content (AvgIpc) is 3.01. The minimum absolute atomic E-state index is 0.118. The Kier molecular flexibility index (Phi) is 5.96. The maximum atomic E-state index is 12.2. The summed E-state index contributed by atoms with van der Waals surface area (Å²) in [5, 5.41) is 3.15. The molecule has 0 saturated carbocycles. The smallest absolute Gasteiger partial charge is 0.338 e. The lowest BCUT2D eigenvalue weighted by Crippen LogP contribution is -2.28. The van der Waals surface area contributed by atoms with Crippen LogP contribution in [0.25, 0.3) is 0 Å². The van der Waals surface area contributed by atoms with Gasteiger partial charge in [-0.15, -0.1) is 0 Å². The lowest BCUT2D eigenvalue weighted by atomic mass is 10.2. The van der Waals surface area contributed by atoms with E-state index in [0.29, 0.717) is 16.4 Å². The number of hydrogen-bond acceptors (Lipinski definition) is 5. The second kappa shape index (κ2) is 8.41. The predicted molar refractivity (Wildman–Crippen MR) is 104 cm³/mol. The Balaban J connectivity index is 1.61. The zero-order chi connectivity index (χ0) is 20.3. The summed E-state index contributed by atoms with van der Waals surface area (Å²) in [6, 6.07) is 10.5. The Morgan fingerprint density at radius 2 is 1.71 bits per heavy atom. The molecule has 1 aliphatic rings. The summed E-state index contributed by atoms with van der Waals surface area (Å²) in [4.78, 5) is 48.8. The van der Waals surface area contributed by atoms with Crippen LogP contribution in [0.4, 0.5) is 11.4 Å². The van der Waals surface area contributed by atoms with Crippen LogP contribution in [0.2, 0.25) is 10.0 Å². The van der Waals surface area contributed by atoms with Crippen molar-refractivity contribution in [1.82, 2.24) is 0 Å². The molecule has 1 N–H and O–H groups in total. The van der Waals surface area contributed by atoms with Gasteiger partial charge in [-0.2, -0.15) is 0 Å². The van der Waals surface area contributed by atoms with E-state index >= 15 is 0 Å². The summed E-state index contributed by atoms with van der Waals surface area (Å²) in [6.07, 6.45) is 0.283. The van der Waals surface area contributed by atoms with Crippen LogP contribution in [0.15, 0.2) is 42.5 Å². The van der Waals surface area contributed by atoms with Crippen molar-refractivity contribution in [2.75, 3.05) is 16.8 Å². The van der Waals surface area contributed by atoms with E-state index in [1.807, 2.05) is 0 Å². The fraction of sp³-hybridized carbons (Fsp3) is 0.158. The highest BCUT2D eigenvalue weighted by molar-refractivity contribution is 6.42. The number of amides is 3. The summed E-state index contributed by atoms with van der Waals surface area (Å²) in [5.74, 6) is -1.97. The van der Waals surface area contributed by atoms with Gasteiger partial charge in [0, 0.05) is 18.5 Å². The number of nitrogens with zero attached hydrogens (tertiary/aromatic N) is 1. The number of ether oxygens (including phenoxy) is 1. The Bertz CT molecular complexity index is 961. The van der Waals surface area contributed by atoms with Gasteiger partial charge in [-0.3, -0.25) is 19.3 Å². The maximum Gasteiger partial charge on any atom is 0.338 e. The lowest BCUT2D eigenvalue weighted by molar-refractivity contribution is -0.121. The molecule has 1 fully saturated rings. The number of hydrogen-bond donors (Lipinski definition) is 1. The third-order valence-corrected chi connectivity index (χ3v) is 4.67. The summed E-state index contributed by atoms with van der Waals surface area (Å²) in [5.41, 5.74) is 0.818. The molecule has 9 heteroatoms. The van der Waals surface area contributed by atoms with E-state index in [0.717, 1.165) is 4.90 Å². The van der Waals surface area contributed by atoms with Crippen molar-refractivity contribution in [3.63, 3.8) is 0 Å². The van der Waals surface area contributed by atoms with Crippen molar-refractivity contribution in [3.8, 4) is 0 Å². The monoisotopic (exact) mass is 420 g/mol. The fourth-order valence-electron chi connectivity index (χ4n) is 2.62. The molecule has 2 aromatic rings. The zero-order valence-corrected chi connectivity index (χ0v) is 15.9. The SMILES string of the molecule is O=C(COC(=O)c1cccc(N2C(=O)CCC2=O)c1)Nc1ccc(Cl)c(Cl)c1. The van der Waals surface area contributed by atoms with Crippen molar-refractivity contribution in [2.24, 2.45) is 0 Å². The van der Waals surface area contributed by atoms with Crippen LogP contribution in [0.5, 0.6) is 0 Å². The molecule has 0 aromatic heterocycles. The van der Waals surface area contributed by atoms with Crippen LogP contribution in [0.3, 0.4) is 0 Å². The Labute approximate surface area is 170 Å². The van der Waals surface area contributed by atoms with Crippen LogP contribution >= 0.6 is 23.2 Å². The molecule has 1 saturated heterocycles. The summed E-state index contributed by atoms with van der Waals surface area (Å²) < 4.78 is 4.99. The Morgan fingerprint density at radius 1 is 1.00 bits per heavy atom. The Hall–Kier alpha value is -2.90. The number of imide groups is 1. The largest absolute Gasteiger partial charge is 0.452 e. The van der Waals surface area contributed by atoms with E-state index in [-0.39, 0.29) is 35.2 Å². The molecule has 0 unspecified atom stereocenters. The van der Waals surface area contributed by atoms with Gasteiger partial charge < -0.3 is 10.1 Å². The molecule has 1 heterocycles. The van der Waals surface area contributed by atoms with Gasteiger partial charge in [-0.25, -0.2) is 4.79 Å². The van der Waals surface area contributed by atoms with Gasteiger partial charge in [0.1, 0.15) is 0 Å². The molecule has 3 amide bonds. The first-order chi connectivity index (χ1) is 13.3. The van der Waals surface area contributed by atoms with E-state index in [9.17, 15) is 19.2 Å². The standard InChI is InChI=1S/C19H14Cl2N2O5/c20-14-5-4-12(9-15(14)21)22-16(24)10-28-19(27)11-2-1-3-13(8-11)23-17(25)6-7-18(23)26/h1-5,8-9H,6-7,10H2,(H,22,24). The molecule has 2 aromatic carbocycles. The van der Waals surface area contributed by atoms with Crippen molar-refractivity contribution < 1.29 is 23.9 Å². The van der Waals surface area contributed by atoms with Gasteiger partial charge in [0.2, 0.25) is 11.8 Å². The molecule has 0 bridgehead atoms. The molecule has 0 spiro atoms. The van der Waals surface area contributed by atoms with Crippen molar-refractivity contribution in [3.05, 3.63) is 58.1 Å².